The summed E-state index contributed by atoms with van der Waals surface area (Å²) in [5.74, 6) is 0. The van der Waals surface area contributed by atoms with Crippen LogP contribution in [0.5, 0.6) is 0 Å². The van der Waals surface area contributed by atoms with Crippen molar-refractivity contribution in [3.05, 3.63) is 0 Å². The molecule has 0 amide bonds. The van der Waals surface area contributed by atoms with Crippen LogP contribution < -0.4 is 5.73 Å². The molecule has 0 bridgehead atoms. The minimum absolute atomic E-state index is 0.348. The molecule has 1 rings (SSSR count). The van der Waals surface area contributed by atoms with E-state index in [0.717, 1.165) is 12.6 Å². The van der Waals surface area contributed by atoms with Crippen LogP contribution in [0.1, 0.15) is 65.2 Å². The Bertz CT molecular complexity index is 183. The summed E-state index contributed by atoms with van der Waals surface area (Å²) in [5.41, 5.74) is 6.36. The summed E-state index contributed by atoms with van der Waals surface area (Å²) >= 11 is 0. The van der Waals surface area contributed by atoms with Crippen molar-refractivity contribution in [2.45, 2.75) is 71.3 Å². The zero-order valence-electron chi connectivity index (χ0n) is 12.2. The summed E-state index contributed by atoms with van der Waals surface area (Å²) in [6, 6.07) is 0.807. The Balaban J connectivity index is 2.52. The number of nitrogens with zero attached hydrogens (tertiary/aromatic N) is 1. The minimum Gasteiger partial charge on any atom is -0.330 e. The molecule has 0 unspecified atom stereocenters. The molecule has 1 aliphatic rings. The highest BCUT2D eigenvalue weighted by Gasteiger charge is 2.28. The van der Waals surface area contributed by atoms with E-state index < -0.39 is 0 Å². The Kier molecular flexibility index (Phi) is 6.50. The van der Waals surface area contributed by atoms with Gasteiger partial charge in [-0.15, -0.1) is 0 Å². The molecule has 0 saturated heterocycles. The van der Waals surface area contributed by atoms with Gasteiger partial charge in [-0.25, -0.2) is 0 Å². The average Bonchev–Trinajstić information content (AvgIpc) is 2.65. The average molecular weight is 240 g/mol. The molecule has 0 aromatic carbocycles. The van der Waals surface area contributed by atoms with Crippen LogP contribution in [0, 0.1) is 5.41 Å². The van der Waals surface area contributed by atoms with Gasteiger partial charge in [-0.1, -0.05) is 39.5 Å². The van der Waals surface area contributed by atoms with E-state index in [1.54, 1.807) is 0 Å². The zero-order chi connectivity index (χ0) is 12.7. The molecule has 1 aliphatic carbocycles. The van der Waals surface area contributed by atoms with Crippen molar-refractivity contribution >= 4 is 0 Å². The predicted octanol–water partition coefficient (Wildman–Crippen LogP) is 3.41. The number of rotatable bonds is 6. The summed E-state index contributed by atoms with van der Waals surface area (Å²) in [5, 5.41) is 0. The van der Waals surface area contributed by atoms with Gasteiger partial charge in [-0.2, -0.15) is 0 Å². The monoisotopic (exact) mass is 240 g/mol. The van der Waals surface area contributed by atoms with Crippen molar-refractivity contribution in [3.63, 3.8) is 0 Å². The first-order chi connectivity index (χ1) is 8.17. The summed E-state index contributed by atoms with van der Waals surface area (Å²) in [4.78, 5) is 2.60. The van der Waals surface area contributed by atoms with Gasteiger partial charge < -0.3 is 10.6 Å². The molecule has 0 radical (unpaired) electrons. The van der Waals surface area contributed by atoms with E-state index in [9.17, 15) is 0 Å². The molecule has 0 heterocycles. The van der Waals surface area contributed by atoms with Crippen molar-refractivity contribution in [1.29, 1.82) is 0 Å². The quantitative estimate of drug-likeness (QED) is 0.721. The van der Waals surface area contributed by atoms with Gasteiger partial charge in [-0.05, 0) is 44.7 Å². The Morgan fingerprint density at radius 2 is 1.59 bits per heavy atom. The Hall–Kier alpha value is -0.0800. The van der Waals surface area contributed by atoms with Gasteiger partial charge in [0.1, 0.15) is 0 Å². The van der Waals surface area contributed by atoms with E-state index >= 15 is 0 Å². The molecule has 1 fully saturated rings. The van der Waals surface area contributed by atoms with Gasteiger partial charge in [0.25, 0.3) is 0 Å². The van der Waals surface area contributed by atoms with E-state index in [2.05, 4.69) is 25.8 Å². The number of hydrogen-bond donors (Lipinski definition) is 1. The van der Waals surface area contributed by atoms with Crippen LogP contribution in [0.25, 0.3) is 0 Å². The lowest BCUT2D eigenvalue weighted by atomic mass is 9.81. The third kappa shape index (κ3) is 4.26. The second-order valence-electron chi connectivity index (χ2n) is 5.97. The van der Waals surface area contributed by atoms with Gasteiger partial charge in [0, 0.05) is 12.6 Å². The first-order valence-corrected chi connectivity index (χ1v) is 7.57. The van der Waals surface area contributed by atoms with Crippen LogP contribution in [0.4, 0.5) is 0 Å². The Morgan fingerprint density at radius 1 is 1.06 bits per heavy atom. The molecule has 2 heteroatoms. The van der Waals surface area contributed by atoms with Gasteiger partial charge in [-0.3, -0.25) is 0 Å². The first-order valence-electron chi connectivity index (χ1n) is 7.57. The highest BCUT2D eigenvalue weighted by atomic mass is 15.1. The maximum absolute atomic E-state index is 6.01. The summed E-state index contributed by atoms with van der Waals surface area (Å²) in [6.45, 7) is 6.59. The highest BCUT2D eigenvalue weighted by Crippen LogP contribution is 2.29. The Labute approximate surface area is 108 Å². The maximum atomic E-state index is 6.01. The normalized spacial score (nSPS) is 19.6. The van der Waals surface area contributed by atoms with Crippen LogP contribution in [0.15, 0.2) is 0 Å². The van der Waals surface area contributed by atoms with Crippen molar-refractivity contribution < 1.29 is 0 Å². The van der Waals surface area contributed by atoms with E-state index in [4.69, 9.17) is 5.73 Å². The standard InChI is InChI=1S/C15H32N2/c1-4-15(5-2,12-16)13-17(3)14-10-8-6-7-9-11-14/h14H,4-13,16H2,1-3H3. The summed E-state index contributed by atoms with van der Waals surface area (Å²) < 4.78 is 0. The van der Waals surface area contributed by atoms with Gasteiger partial charge in [0.15, 0.2) is 0 Å². The van der Waals surface area contributed by atoms with Crippen molar-refractivity contribution in [2.24, 2.45) is 11.1 Å². The zero-order valence-corrected chi connectivity index (χ0v) is 12.2. The fraction of sp³-hybridized carbons (Fsp3) is 1.00. The highest BCUT2D eigenvalue weighted by molar-refractivity contribution is 4.83. The third-order valence-electron chi connectivity index (χ3n) is 4.97. The molecule has 2 nitrogen and oxygen atoms in total. The lowest BCUT2D eigenvalue weighted by Gasteiger charge is -2.38. The third-order valence-corrected chi connectivity index (χ3v) is 4.97. The minimum atomic E-state index is 0.348. The van der Waals surface area contributed by atoms with Crippen LogP contribution in [0.3, 0.4) is 0 Å². The molecule has 102 valence electrons. The van der Waals surface area contributed by atoms with Crippen LogP contribution in [-0.4, -0.2) is 31.1 Å². The van der Waals surface area contributed by atoms with E-state index in [-0.39, 0.29) is 0 Å². The molecular formula is C15H32N2. The summed E-state index contributed by atoms with van der Waals surface area (Å²) in [7, 11) is 2.31. The van der Waals surface area contributed by atoms with Crippen molar-refractivity contribution in [1.82, 2.24) is 4.90 Å². The SMILES string of the molecule is CCC(CC)(CN)CN(C)C1CCCCCC1. The van der Waals surface area contributed by atoms with Crippen LogP contribution in [-0.2, 0) is 0 Å². The maximum Gasteiger partial charge on any atom is 0.00924 e. The molecule has 17 heavy (non-hydrogen) atoms. The largest absolute Gasteiger partial charge is 0.330 e. The molecular weight excluding hydrogens is 208 g/mol. The number of nitrogens with two attached hydrogens (primary N) is 1. The fourth-order valence-corrected chi connectivity index (χ4v) is 3.18. The molecule has 1 saturated carbocycles. The summed E-state index contributed by atoms with van der Waals surface area (Å²) in [6.07, 6.45) is 10.9. The van der Waals surface area contributed by atoms with Crippen molar-refractivity contribution in [3.8, 4) is 0 Å². The molecule has 0 spiro atoms. The van der Waals surface area contributed by atoms with Crippen molar-refractivity contribution in [2.75, 3.05) is 20.1 Å². The molecule has 0 aromatic rings. The van der Waals surface area contributed by atoms with E-state index in [1.165, 1.54) is 57.9 Å². The van der Waals surface area contributed by atoms with E-state index in [0.29, 0.717) is 5.41 Å². The predicted molar refractivity (Wildman–Crippen MR) is 76.2 cm³/mol. The number of hydrogen-bond acceptors (Lipinski definition) is 2. The molecule has 0 aromatic heterocycles. The second-order valence-corrected chi connectivity index (χ2v) is 5.97. The Morgan fingerprint density at radius 3 is 2.00 bits per heavy atom. The molecule has 0 atom stereocenters. The van der Waals surface area contributed by atoms with Gasteiger partial charge >= 0.3 is 0 Å². The first kappa shape index (κ1) is 15.0. The smallest absolute Gasteiger partial charge is 0.00924 e. The van der Waals surface area contributed by atoms with Gasteiger partial charge in [0.2, 0.25) is 0 Å². The van der Waals surface area contributed by atoms with Gasteiger partial charge in [0.05, 0.1) is 0 Å². The van der Waals surface area contributed by atoms with Crippen LogP contribution in [0.2, 0.25) is 0 Å². The lowest BCUT2D eigenvalue weighted by molar-refractivity contribution is 0.121. The van der Waals surface area contributed by atoms with E-state index in [1.807, 2.05) is 0 Å². The van der Waals surface area contributed by atoms with Crippen LogP contribution >= 0.6 is 0 Å². The lowest BCUT2D eigenvalue weighted by Crippen LogP contribution is -2.44. The second kappa shape index (κ2) is 7.38. The molecule has 0 aliphatic heterocycles. The topological polar surface area (TPSA) is 29.3 Å². The fourth-order valence-electron chi connectivity index (χ4n) is 3.18. The molecule has 2 N–H and O–H groups in total.